The second-order valence-corrected chi connectivity index (χ2v) is 7.65. The van der Waals surface area contributed by atoms with Crippen LogP contribution in [0.15, 0.2) is 54.6 Å². The molecular weight excluding hydrogens is 362 g/mol. The van der Waals surface area contributed by atoms with Gasteiger partial charge in [-0.2, -0.15) is 0 Å². The van der Waals surface area contributed by atoms with E-state index < -0.39 is 0 Å². The smallest absolute Gasteiger partial charge is 0.225 e. The number of likely N-dealkylation sites (tertiary alicyclic amines) is 1. The molecule has 3 rings (SSSR count). The number of amides is 1. The normalized spacial score (nSPS) is 18.0. The zero-order valence-corrected chi connectivity index (χ0v) is 17.8. The van der Waals surface area contributed by atoms with Crippen LogP contribution in [0.4, 0.5) is 5.69 Å². The highest BCUT2D eigenvalue weighted by atomic mass is 16.5. The van der Waals surface area contributed by atoms with E-state index in [1.165, 1.54) is 5.56 Å². The molecule has 1 heterocycles. The van der Waals surface area contributed by atoms with Crippen LogP contribution >= 0.6 is 0 Å². The van der Waals surface area contributed by atoms with E-state index in [0.717, 1.165) is 38.3 Å². The number of hydrogen-bond acceptors (Lipinski definition) is 4. The predicted molar refractivity (Wildman–Crippen MR) is 118 cm³/mol. The Hall–Kier alpha value is -2.37. The molecule has 1 saturated heterocycles. The van der Waals surface area contributed by atoms with Gasteiger partial charge in [0.2, 0.25) is 5.91 Å². The third-order valence-corrected chi connectivity index (χ3v) is 5.95. The maximum absolute atomic E-state index is 12.5. The highest BCUT2D eigenvalue weighted by molar-refractivity contribution is 5.92. The standard InChI is InChI=1S/C24H33N3O2/c1-4-26(17-15-24(28)25-22-12-8-9-13-23(22)29-3)21-14-16-27(18-21)19(2)20-10-6-5-7-11-20/h5-13,19,21H,4,14-18H2,1-3H3,(H,25,28). The molecule has 2 unspecified atom stereocenters. The summed E-state index contributed by atoms with van der Waals surface area (Å²) in [5, 5.41) is 2.98. The highest BCUT2D eigenvalue weighted by Crippen LogP contribution is 2.27. The van der Waals surface area contributed by atoms with Crippen molar-refractivity contribution in [3.8, 4) is 5.75 Å². The minimum Gasteiger partial charge on any atom is -0.495 e. The first-order valence-corrected chi connectivity index (χ1v) is 10.6. The fraction of sp³-hybridized carbons (Fsp3) is 0.458. The van der Waals surface area contributed by atoms with Crippen molar-refractivity contribution < 1.29 is 9.53 Å². The van der Waals surface area contributed by atoms with Crippen molar-refractivity contribution in [2.75, 3.05) is 38.6 Å². The predicted octanol–water partition coefficient (Wildman–Crippen LogP) is 4.18. The second kappa shape index (κ2) is 10.4. The van der Waals surface area contributed by atoms with Crippen molar-refractivity contribution in [3.05, 3.63) is 60.2 Å². The fourth-order valence-electron chi connectivity index (χ4n) is 4.16. The Bertz CT molecular complexity index is 781. The SMILES string of the molecule is CCN(CCC(=O)Nc1ccccc1OC)C1CCN(C(C)c2ccccc2)C1. The topological polar surface area (TPSA) is 44.8 Å². The lowest BCUT2D eigenvalue weighted by molar-refractivity contribution is -0.116. The maximum atomic E-state index is 12.5. The molecule has 5 nitrogen and oxygen atoms in total. The van der Waals surface area contributed by atoms with Gasteiger partial charge in [0.1, 0.15) is 5.75 Å². The summed E-state index contributed by atoms with van der Waals surface area (Å²) >= 11 is 0. The zero-order chi connectivity index (χ0) is 20.6. The van der Waals surface area contributed by atoms with Crippen LogP contribution in [0, 0.1) is 0 Å². The third kappa shape index (κ3) is 5.58. The summed E-state index contributed by atoms with van der Waals surface area (Å²) in [6, 6.07) is 19.2. The lowest BCUT2D eigenvalue weighted by Gasteiger charge is -2.29. The number of ether oxygens (including phenoxy) is 1. The number of carbonyl (C=O) groups is 1. The zero-order valence-electron chi connectivity index (χ0n) is 17.8. The molecule has 0 spiro atoms. The largest absolute Gasteiger partial charge is 0.495 e. The quantitative estimate of drug-likeness (QED) is 0.692. The molecule has 2 aromatic rings. The number of nitrogens with one attached hydrogen (secondary N) is 1. The molecule has 1 aliphatic rings. The lowest BCUT2D eigenvalue weighted by atomic mass is 10.1. The molecule has 2 aromatic carbocycles. The number of likely N-dealkylation sites (N-methyl/N-ethyl adjacent to an activating group) is 1. The molecule has 5 heteroatoms. The molecule has 0 saturated carbocycles. The molecule has 0 aromatic heterocycles. The van der Waals surface area contributed by atoms with Gasteiger partial charge in [0.05, 0.1) is 12.8 Å². The molecule has 1 amide bonds. The summed E-state index contributed by atoms with van der Waals surface area (Å²) in [4.78, 5) is 17.5. The Kier molecular flexibility index (Phi) is 7.67. The van der Waals surface area contributed by atoms with Gasteiger partial charge in [0.15, 0.2) is 0 Å². The van der Waals surface area contributed by atoms with E-state index in [9.17, 15) is 4.79 Å². The Morgan fingerprint density at radius 3 is 2.66 bits per heavy atom. The van der Waals surface area contributed by atoms with Crippen molar-refractivity contribution in [1.29, 1.82) is 0 Å². The van der Waals surface area contributed by atoms with Gasteiger partial charge in [0.25, 0.3) is 0 Å². The van der Waals surface area contributed by atoms with Gasteiger partial charge in [-0.25, -0.2) is 0 Å². The van der Waals surface area contributed by atoms with E-state index in [0.29, 0.717) is 24.3 Å². The number of para-hydroxylation sites is 2. The summed E-state index contributed by atoms with van der Waals surface area (Å²) in [5.74, 6) is 0.718. The van der Waals surface area contributed by atoms with Gasteiger partial charge in [-0.3, -0.25) is 14.6 Å². The van der Waals surface area contributed by atoms with Crippen LogP contribution in [-0.4, -0.2) is 55.0 Å². The Morgan fingerprint density at radius 2 is 1.93 bits per heavy atom. The van der Waals surface area contributed by atoms with Crippen molar-refractivity contribution in [3.63, 3.8) is 0 Å². The number of anilines is 1. The van der Waals surface area contributed by atoms with Crippen molar-refractivity contribution in [2.45, 2.75) is 38.8 Å². The summed E-state index contributed by atoms with van der Waals surface area (Å²) in [5.41, 5.74) is 2.10. The number of carbonyl (C=O) groups excluding carboxylic acids is 1. The van der Waals surface area contributed by atoms with Crippen LogP contribution in [-0.2, 0) is 4.79 Å². The minimum absolute atomic E-state index is 0.0282. The van der Waals surface area contributed by atoms with E-state index in [2.05, 4.69) is 59.3 Å². The molecular formula is C24H33N3O2. The molecule has 1 aliphatic heterocycles. The van der Waals surface area contributed by atoms with Crippen molar-refractivity contribution in [1.82, 2.24) is 9.80 Å². The first-order valence-electron chi connectivity index (χ1n) is 10.6. The molecule has 0 aliphatic carbocycles. The van der Waals surface area contributed by atoms with Crippen LogP contribution in [0.3, 0.4) is 0 Å². The average Bonchev–Trinajstić information content (AvgIpc) is 3.24. The molecule has 1 N–H and O–H groups in total. The van der Waals surface area contributed by atoms with E-state index in [1.54, 1.807) is 7.11 Å². The molecule has 156 valence electrons. The lowest BCUT2D eigenvalue weighted by Crippen LogP contribution is -2.39. The van der Waals surface area contributed by atoms with Crippen LogP contribution in [0.25, 0.3) is 0 Å². The molecule has 2 atom stereocenters. The van der Waals surface area contributed by atoms with Crippen molar-refractivity contribution >= 4 is 11.6 Å². The summed E-state index contributed by atoms with van der Waals surface area (Å²) in [6.07, 6.45) is 1.63. The number of hydrogen-bond donors (Lipinski definition) is 1. The van der Waals surface area contributed by atoms with E-state index in [4.69, 9.17) is 4.74 Å². The molecule has 0 radical (unpaired) electrons. The number of methoxy groups -OCH3 is 1. The van der Waals surface area contributed by atoms with Gasteiger partial charge in [-0.1, -0.05) is 49.4 Å². The fourth-order valence-corrected chi connectivity index (χ4v) is 4.16. The van der Waals surface area contributed by atoms with Crippen LogP contribution < -0.4 is 10.1 Å². The second-order valence-electron chi connectivity index (χ2n) is 7.65. The monoisotopic (exact) mass is 395 g/mol. The number of nitrogens with zero attached hydrogens (tertiary/aromatic N) is 2. The average molecular weight is 396 g/mol. The van der Waals surface area contributed by atoms with Gasteiger partial charge in [-0.05, 0) is 37.6 Å². The molecule has 0 bridgehead atoms. The van der Waals surface area contributed by atoms with Gasteiger partial charge in [0, 0.05) is 38.1 Å². The molecule has 29 heavy (non-hydrogen) atoms. The minimum atomic E-state index is 0.0282. The molecule has 1 fully saturated rings. The van der Waals surface area contributed by atoms with Crippen molar-refractivity contribution in [2.24, 2.45) is 0 Å². The van der Waals surface area contributed by atoms with Gasteiger partial charge < -0.3 is 10.1 Å². The summed E-state index contributed by atoms with van der Waals surface area (Å²) in [7, 11) is 1.62. The maximum Gasteiger partial charge on any atom is 0.225 e. The third-order valence-electron chi connectivity index (χ3n) is 5.95. The van der Waals surface area contributed by atoms with Gasteiger partial charge >= 0.3 is 0 Å². The van der Waals surface area contributed by atoms with E-state index >= 15 is 0 Å². The van der Waals surface area contributed by atoms with Crippen LogP contribution in [0.5, 0.6) is 5.75 Å². The Balaban J connectivity index is 1.51. The first kappa shape index (κ1) is 21.3. The van der Waals surface area contributed by atoms with Crippen LogP contribution in [0.1, 0.15) is 38.3 Å². The van der Waals surface area contributed by atoms with E-state index in [1.807, 2.05) is 24.3 Å². The van der Waals surface area contributed by atoms with Gasteiger partial charge in [-0.15, -0.1) is 0 Å². The van der Waals surface area contributed by atoms with E-state index in [-0.39, 0.29) is 5.91 Å². The Morgan fingerprint density at radius 1 is 1.21 bits per heavy atom. The first-order chi connectivity index (χ1) is 14.1. The summed E-state index contributed by atoms with van der Waals surface area (Å²) < 4.78 is 5.31. The summed E-state index contributed by atoms with van der Waals surface area (Å²) in [6.45, 7) is 8.36. The Labute approximate surface area is 174 Å². The number of benzene rings is 2. The number of rotatable bonds is 9. The van der Waals surface area contributed by atoms with Crippen LogP contribution in [0.2, 0.25) is 0 Å². The highest BCUT2D eigenvalue weighted by Gasteiger charge is 2.30.